The van der Waals surface area contributed by atoms with Crippen molar-refractivity contribution >= 4 is 23.8 Å². The summed E-state index contributed by atoms with van der Waals surface area (Å²) in [6.45, 7) is 2.22. The molecule has 104 valence electrons. The van der Waals surface area contributed by atoms with Crippen LogP contribution in [0.2, 0.25) is 0 Å². The Morgan fingerprint density at radius 3 is 2.83 bits per heavy atom. The molecule has 0 bridgehead atoms. The third kappa shape index (κ3) is 4.76. The summed E-state index contributed by atoms with van der Waals surface area (Å²) in [5.74, 6) is 0.536. The number of carboxylic acids is 1. The van der Waals surface area contributed by atoms with Crippen molar-refractivity contribution in [3.63, 3.8) is 0 Å². The van der Waals surface area contributed by atoms with Gasteiger partial charge in [0.25, 0.3) is 0 Å². The quantitative estimate of drug-likeness (QED) is 0.799. The lowest BCUT2D eigenvalue weighted by Gasteiger charge is -2.24. The molecule has 5 nitrogen and oxygen atoms in total. The van der Waals surface area contributed by atoms with Gasteiger partial charge in [0.2, 0.25) is 0 Å². The second-order valence-corrected chi connectivity index (χ2v) is 5.72. The molecule has 0 aromatic heterocycles. The van der Waals surface area contributed by atoms with Gasteiger partial charge < -0.3 is 14.9 Å². The summed E-state index contributed by atoms with van der Waals surface area (Å²) >= 11 is 1.72. The highest BCUT2D eigenvalue weighted by atomic mass is 32.2. The third-order valence-corrected chi connectivity index (χ3v) is 3.87. The molecule has 1 aliphatic heterocycles. The lowest BCUT2D eigenvalue weighted by Crippen LogP contribution is -2.40. The van der Waals surface area contributed by atoms with Gasteiger partial charge in [0.15, 0.2) is 0 Å². The van der Waals surface area contributed by atoms with Crippen molar-refractivity contribution in [2.75, 3.05) is 38.7 Å². The van der Waals surface area contributed by atoms with Gasteiger partial charge in [0.1, 0.15) is 0 Å². The standard InChI is InChI=1S/C12H22N2O3S/c1-13(7-8-18-2)12(17)14-6-5-10(9-14)3-4-11(15)16/h10H,3-9H2,1-2H3,(H,15,16). The average Bonchev–Trinajstić information content (AvgIpc) is 2.81. The zero-order valence-electron chi connectivity index (χ0n) is 11.1. The smallest absolute Gasteiger partial charge is 0.319 e. The van der Waals surface area contributed by atoms with E-state index in [1.165, 1.54) is 0 Å². The Labute approximate surface area is 113 Å². The molecule has 0 radical (unpaired) electrons. The Bertz CT molecular complexity index is 299. The van der Waals surface area contributed by atoms with E-state index in [-0.39, 0.29) is 12.5 Å². The number of hydrogen-bond acceptors (Lipinski definition) is 3. The van der Waals surface area contributed by atoms with Gasteiger partial charge in [-0.25, -0.2) is 4.79 Å². The Hall–Kier alpha value is -0.910. The normalized spacial score (nSPS) is 19.0. The molecule has 6 heteroatoms. The van der Waals surface area contributed by atoms with Gasteiger partial charge in [-0.15, -0.1) is 0 Å². The number of aliphatic carboxylic acids is 1. The number of amides is 2. The van der Waals surface area contributed by atoms with Crippen molar-refractivity contribution in [3.8, 4) is 0 Å². The van der Waals surface area contributed by atoms with Crippen molar-refractivity contribution in [3.05, 3.63) is 0 Å². The molecular weight excluding hydrogens is 252 g/mol. The second-order valence-electron chi connectivity index (χ2n) is 4.73. The number of rotatable bonds is 6. The van der Waals surface area contributed by atoms with E-state index < -0.39 is 5.97 Å². The van der Waals surface area contributed by atoms with Crippen LogP contribution in [0.1, 0.15) is 19.3 Å². The molecule has 1 fully saturated rings. The predicted molar refractivity (Wildman–Crippen MR) is 73.0 cm³/mol. The van der Waals surface area contributed by atoms with Crippen molar-refractivity contribution < 1.29 is 14.7 Å². The third-order valence-electron chi connectivity index (χ3n) is 3.28. The molecule has 0 saturated carbocycles. The van der Waals surface area contributed by atoms with Crippen LogP contribution in [0.5, 0.6) is 0 Å². The zero-order chi connectivity index (χ0) is 13.5. The molecule has 1 heterocycles. The minimum atomic E-state index is -0.753. The van der Waals surface area contributed by atoms with Crippen LogP contribution in [-0.4, -0.2) is 65.6 Å². The highest BCUT2D eigenvalue weighted by molar-refractivity contribution is 7.98. The van der Waals surface area contributed by atoms with Crippen LogP contribution >= 0.6 is 11.8 Å². The average molecular weight is 274 g/mol. The summed E-state index contributed by atoms with van der Waals surface area (Å²) in [5.41, 5.74) is 0. The molecule has 1 unspecified atom stereocenters. The van der Waals surface area contributed by atoms with Crippen molar-refractivity contribution in [2.24, 2.45) is 5.92 Å². The van der Waals surface area contributed by atoms with Crippen LogP contribution in [0.3, 0.4) is 0 Å². The van der Waals surface area contributed by atoms with Crippen LogP contribution in [0.15, 0.2) is 0 Å². The fourth-order valence-electron chi connectivity index (χ4n) is 2.13. The Balaban J connectivity index is 2.31. The van der Waals surface area contributed by atoms with E-state index in [1.807, 2.05) is 18.2 Å². The zero-order valence-corrected chi connectivity index (χ0v) is 11.9. The van der Waals surface area contributed by atoms with Gasteiger partial charge in [0.05, 0.1) is 0 Å². The number of likely N-dealkylation sites (tertiary alicyclic amines) is 1. The van der Waals surface area contributed by atoms with Crippen LogP contribution in [0.4, 0.5) is 4.79 Å². The van der Waals surface area contributed by atoms with Gasteiger partial charge in [-0.05, 0) is 25.0 Å². The Kier molecular flexibility index (Phi) is 6.32. The van der Waals surface area contributed by atoms with E-state index in [1.54, 1.807) is 16.7 Å². The molecule has 0 aliphatic carbocycles. The number of thioether (sulfide) groups is 1. The lowest BCUT2D eigenvalue weighted by molar-refractivity contribution is -0.137. The first-order valence-corrected chi connectivity index (χ1v) is 7.64. The molecule has 1 rings (SSSR count). The molecule has 2 amide bonds. The minimum absolute atomic E-state index is 0.0712. The molecule has 0 spiro atoms. The maximum Gasteiger partial charge on any atom is 0.319 e. The number of carboxylic acid groups (broad SMARTS) is 1. The topological polar surface area (TPSA) is 60.9 Å². The summed E-state index contributed by atoms with van der Waals surface area (Å²) in [6, 6.07) is 0.0712. The summed E-state index contributed by atoms with van der Waals surface area (Å²) in [6.07, 6.45) is 3.83. The van der Waals surface area contributed by atoms with Gasteiger partial charge in [-0.3, -0.25) is 4.79 Å². The van der Waals surface area contributed by atoms with E-state index in [0.29, 0.717) is 18.9 Å². The summed E-state index contributed by atoms with van der Waals surface area (Å²) < 4.78 is 0. The van der Waals surface area contributed by atoms with Crippen LogP contribution in [0, 0.1) is 5.92 Å². The Morgan fingerprint density at radius 1 is 1.50 bits per heavy atom. The predicted octanol–water partition coefficient (Wildman–Crippen LogP) is 1.59. The molecule has 0 aromatic rings. The van der Waals surface area contributed by atoms with Crippen LogP contribution in [-0.2, 0) is 4.79 Å². The van der Waals surface area contributed by atoms with E-state index in [4.69, 9.17) is 5.11 Å². The first kappa shape index (κ1) is 15.1. The lowest BCUT2D eigenvalue weighted by atomic mass is 10.0. The molecular formula is C12H22N2O3S. The monoisotopic (exact) mass is 274 g/mol. The summed E-state index contributed by atoms with van der Waals surface area (Å²) in [5, 5.41) is 8.64. The summed E-state index contributed by atoms with van der Waals surface area (Å²) in [4.78, 5) is 26.2. The Morgan fingerprint density at radius 2 is 2.22 bits per heavy atom. The van der Waals surface area contributed by atoms with Crippen LogP contribution in [0.25, 0.3) is 0 Å². The molecule has 18 heavy (non-hydrogen) atoms. The first-order valence-electron chi connectivity index (χ1n) is 6.25. The number of hydrogen-bond donors (Lipinski definition) is 1. The molecule has 1 saturated heterocycles. The molecule has 0 aromatic carbocycles. The van der Waals surface area contributed by atoms with Gasteiger partial charge in [-0.1, -0.05) is 0 Å². The summed E-state index contributed by atoms with van der Waals surface area (Å²) in [7, 11) is 1.82. The maximum absolute atomic E-state index is 12.1. The van der Waals surface area contributed by atoms with E-state index in [2.05, 4.69) is 0 Å². The van der Waals surface area contributed by atoms with Gasteiger partial charge in [0, 0.05) is 38.9 Å². The van der Waals surface area contributed by atoms with Crippen molar-refractivity contribution in [1.29, 1.82) is 0 Å². The van der Waals surface area contributed by atoms with Crippen molar-refractivity contribution in [2.45, 2.75) is 19.3 Å². The second kappa shape index (κ2) is 7.51. The van der Waals surface area contributed by atoms with E-state index in [9.17, 15) is 9.59 Å². The molecule has 1 N–H and O–H groups in total. The maximum atomic E-state index is 12.1. The first-order chi connectivity index (χ1) is 8.54. The minimum Gasteiger partial charge on any atom is -0.481 e. The van der Waals surface area contributed by atoms with Gasteiger partial charge >= 0.3 is 12.0 Å². The van der Waals surface area contributed by atoms with Crippen molar-refractivity contribution in [1.82, 2.24) is 9.80 Å². The molecule has 1 atom stereocenters. The number of carbonyl (C=O) groups is 2. The fraction of sp³-hybridized carbons (Fsp3) is 0.833. The fourth-order valence-corrected chi connectivity index (χ4v) is 2.59. The number of urea groups is 1. The van der Waals surface area contributed by atoms with E-state index in [0.717, 1.165) is 25.3 Å². The number of nitrogens with zero attached hydrogens (tertiary/aromatic N) is 2. The molecule has 1 aliphatic rings. The highest BCUT2D eigenvalue weighted by Gasteiger charge is 2.27. The SMILES string of the molecule is CSCCN(C)C(=O)N1CCC(CCC(=O)O)C1. The van der Waals surface area contributed by atoms with Crippen LogP contribution < -0.4 is 0 Å². The largest absolute Gasteiger partial charge is 0.481 e. The number of carbonyl (C=O) groups excluding carboxylic acids is 1. The highest BCUT2D eigenvalue weighted by Crippen LogP contribution is 2.21. The van der Waals surface area contributed by atoms with E-state index >= 15 is 0 Å². The van der Waals surface area contributed by atoms with Gasteiger partial charge in [-0.2, -0.15) is 11.8 Å².